The van der Waals surface area contributed by atoms with Gasteiger partial charge in [0.25, 0.3) is 5.69 Å². The fraction of sp³-hybridized carbons (Fsp3) is 0.188. The van der Waals surface area contributed by atoms with Crippen molar-refractivity contribution in [1.82, 2.24) is 5.32 Å². The van der Waals surface area contributed by atoms with E-state index in [1.807, 2.05) is 30.3 Å². The number of nitrogens with zero attached hydrogens (tertiary/aromatic N) is 1. The highest BCUT2D eigenvalue weighted by molar-refractivity contribution is 5.88. The first-order valence-electron chi connectivity index (χ1n) is 6.83. The van der Waals surface area contributed by atoms with Crippen molar-refractivity contribution in [2.75, 3.05) is 6.54 Å². The van der Waals surface area contributed by atoms with E-state index in [1.165, 1.54) is 17.7 Å². The van der Waals surface area contributed by atoms with Crippen LogP contribution in [0.3, 0.4) is 0 Å². The maximum atomic E-state index is 11.0. The van der Waals surface area contributed by atoms with Gasteiger partial charge in [-0.25, -0.2) is 4.79 Å². The van der Waals surface area contributed by atoms with Crippen LogP contribution in [-0.4, -0.2) is 22.5 Å². The largest absolute Gasteiger partial charge is 0.478 e. The van der Waals surface area contributed by atoms with E-state index in [-0.39, 0.29) is 11.3 Å². The Morgan fingerprint density at radius 1 is 1.18 bits per heavy atom. The summed E-state index contributed by atoms with van der Waals surface area (Å²) in [7, 11) is 0. The van der Waals surface area contributed by atoms with E-state index >= 15 is 0 Å². The highest BCUT2D eigenvalue weighted by Gasteiger charge is 2.16. The lowest BCUT2D eigenvalue weighted by atomic mass is 10.1. The molecule has 2 aromatic carbocycles. The molecule has 0 spiro atoms. The summed E-state index contributed by atoms with van der Waals surface area (Å²) >= 11 is 0. The van der Waals surface area contributed by atoms with Crippen molar-refractivity contribution in [3.05, 3.63) is 75.3 Å². The van der Waals surface area contributed by atoms with Crippen molar-refractivity contribution < 1.29 is 14.8 Å². The number of aromatic carboxylic acids is 1. The second-order valence-corrected chi connectivity index (χ2v) is 4.82. The quantitative estimate of drug-likeness (QED) is 0.466. The normalized spacial score (nSPS) is 10.4. The van der Waals surface area contributed by atoms with Gasteiger partial charge in [0.05, 0.1) is 10.5 Å². The van der Waals surface area contributed by atoms with E-state index in [2.05, 4.69) is 5.32 Å². The third kappa shape index (κ3) is 4.13. The molecule has 0 saturated carbocycles. The molecule has 0 aromatic heterocycles. The number of carbonyl (C=O) groups is 1. The Labute approximate surface area is 127 Å². The molecule has 0 atom stereocenters. The molecule has 0 amide bonds. The van der Waals surface area contributed by atoms with Gasteiger partial charge in [0.15, 0.2) is 0 Å². The van der Waals surface area contributed by atoms with Crippen LogP contribution in [0.5, 0.6) is 0 Å². The van der Waals surface area contributed by atoms with E-state index in [0.29, 0.717) is 18.7 Å². The Balaban J connectivity index is 1.97. The van der Waals surface area contributed by atoms with Gasteiger partial charge in [0, 0.05) is 18.2 Å². The molecule has 6 heteroatoms. The average Bonchev–Trinajstić information content (AvgIpc) is 2.52. The van der Waals surface area contributed by atoms with E-state index in [4.69, 9.17) is 5.11 Å². The highest BCUT2D eigenvalue weighted by Crippen LogP contribution is 2.20. The SMILES string of the molecule is O=C(O)c1ccc(CNCCc2ccccc2)c([N+](=O)[O-])c1. The number of nitro groups is 1. The van der Waals surface area contributed by atoms with Crippen LogP contribution in [0, 0.1) is 10.1 Å². The Morgan fingerprint density at radius 3 is 2.55 bits per heavy atom. The van der Waals surface area contributed by atoms with Crippen LogP contribution in [-0.2, 0) is 13.0 Å². The minimum atomic E-state index is -1.17. The lowest BCUT2D eigenvalue weighted by Gasteiger charge is -2.07. The van der Waals surface area contributed by atoms with Crippen molar-refractivity contribution in [2.24, 2.45) is 0 Å². The van der Waals surface area contributed by atoms with Crippen LogP contribution >= 0.6 is 0 Å². The van der Waals surface area contributed by atoms with Crippen molar-refractivity contribution in [3.8, 4) is 0 Å². The third-order valence-corrected chi connectivity index (χ3v) is 3.28. The van der Waals surface area contributed by atoms with Gasteiger partial charge in [0.1, 0.15) is 0 Å². The van der Waals surface area contributed by atoms with Crippen LogP contribution in [0.2, 0.25) is 0 Å². The number of carboxylic acids is 1. The Morgan fingerprint density at radius 2 is 1.91 bits per heavy atom. The molecule has 2 N–H and O–H groups in total. The second-order valence-electron chi connectivity index (χ2n) is 4.82. The molecule has 2 aromatic rings. The number of carboxylic acid groups (broad SMARTS) is 1. The number of hydrogen-bond donors (Lipinski definition) is 2. The predicted octanol–water partition coefficient (Wildman–Crippen LogP) is 2.63. The van der Waals surface area contributed by atoms with Gasteiger partial charge < -0.3 is 10.4 Å². The van der Waals surface area contributed by atoms with Gasteiger partial charge in [-0.2, -0.15) is 0 Å². The Kier molecular flexibility index (Phi) is 5.21. The minimum absolute atomic E-state index is 0.0836. The number of benzene rings is 2. The minimum Gasteiger partial charge on any atom is -0.478 e. The number of nitrogens with one attached hydrogen (secondary N) is 1. The lowest BCUT2D eigenvalue weighted by molar-refractivity contribution is -0.385. The first kappa shape index (κ1) is 15.7. The second kappa shape index (κ2) is 7.33. The standard InChI is InChI=1S/C16H16N2O4/c19-16(20)13-6-7-14(15(10-13)18(21)22)11-17-9-8-12-4-2-1-3-5-12/h1-7,10,17H,8-9,11H2,(H,19,20). The van der Waals surface area contributed by atoms with Crippen LogP contribution in [0.15, 0.2) is 48.5 Å². The first-order chi connectivity index (χ1) is 10.6. The van der Waals surface area contributed by atoms with Gasteiger partial charge in [-0.3, -0.25) is 10.1 Å². The van der Waals surface area contributed by atoms with Crippen LogP contribution in [0.25, 0.3) is 0 Å². The Bertz CT molecular complexity index is 671. The predicted molar refractivity (Wildman–Crippen MR) is 81.9 cm³/mol. The first-order valence-corrected chi connectivity index (χ1v) is 6.83. The molecule has 2 rings (SSSR count). The maximum absolute atomic E-state index is 11.0. The lowest BCUT2D eigenvalue weighted by Crippen LogP contribution is -2.17. The fourth-order valence-corrected chi connectivity index (χ4v) is 2.12. The summed E-state index contributed by atoms with van der Waals surface area (Å²) in [5.41, 5.74) is 1.40. The van der Waals surface area contributed by atoms with Gasteiger partial charge >= 0.3 is 5.97 Å². The highest BCUT2D eigenvalue weighted by atomic mass is 16.6. The number of rotatable bonds is 7. The molecule has 0 aliphatic rings. The van der Waals surface area contributed by atoms with E-state index in [9.17, 15) is 14.9 Å². The Hall–Kier alpha value is -2.73. The summed E-state index contributed by atoms with van der Waals surface area (Å²) in [5, 5.41) is 23.1. The molecule has 0 aliphatic carbocycles. The molecule has 0 unspecified atom stereocenters. The smallest absolute Gasteiger partial charge is 0.335 e. The van der Waals surface area contributed by atoms with Crippen molar-refractivity contribution in [3.63, 3.8) is 0 Å². The number of nitro benzene ring substituents is 1. The zero-order valence-corrected chi connectivity index (χ0v) is 11.9. The monoisotopic (exact) mass is 300 g/mol. The maximum Gasteiger partial charge on any atom is 0.335 e. The van der Waals surface area contributed by atoms with E-state index in [1.54, 1.807) is 0 Å². The molecule has 0 aliphatic heterocycles. The van der Waals surface area contributed by atoms with Crippen molar-refractivity contribution in [1.29, 1.82) is 0 Å². The van der Waals surface area contributed by atoms with Gasteiger partial charge in [-0.1, -0.05) is 36.4 Å². The van der Waals surface area contributed by atoms with Gasteiger partial charge in [-0.05, 0) is 24.6 Å². The molecule has 0 radical (unpaired) electrons. The summed E-state index contributed by atoms with van der Waals surface area (Å²) < 4.78 is 0. The number of hydrogen-bond acceptors (Lipinski definition) is 4. The van der Waals surface area contributed by atoms with Crippen molar-refractivity contribution >= 4 is 11.7 Å². The zero-order chi connectivity index (χ0) is 15.9. The molecule has 114 valence electrons. The topological polar surface area (TPSA) is 92.5 Å². The fourth-order valence-electron chi connectivity index (χ4n) is 2.12. The van der Waals surface area contributed by atoms with Crippen molar-refractivity contribution in [2.45, 2.75) is 13.0 Å². The van der Waals surface area contributed by atoms with Crippen LogP contribution < -0.4 is 5.32 Å². The zero-order valence-electron chi connectivity index (χ0n) is 11.9. The molecule has 0 saturated heterocycles. The third-order valence-electron chi connectivity index (χ3n) is 3.28. The molecule has 0 fully saturated rings. The van der Waals surface area contributed by atoms with Gasteiger partial charge in [0.2, 0.25) is 0 Å². The molecular weight excluding hydrogens is 284 g/mol. The van der Waals surface area contributed by atoms with Crippen LogP contribution in [0.1, 0.15) is 21.5 Å². The van der Waals surface area contributed by atoms with Gasteiger partial charge in [-0.15, -0.1) is 0 Å². The van der Waals surface area contributed by atoms with E-state index in [0.717, 1.165) is 12.5 Å². The summed E-state index contributed by atoms with van der Waals surface area (Å²) in [6.07, 6.45) is 0.821. The summed E-state index contributed by atoms with van der Waals surface area (Å²) in [4.78, 5) is 21.3. The average molecular weight is 300 g/mol. The summed E-state index contributed by atoms with van der Waals surface area (Å²) in [6, 6.07) is 13.9. The molecular formula is C16H16N2O4. The van der Waals surface area contributed by atoms with Crippen LogP contribution in [0.4, 0.5) is 5.69 Å². The molecule has 0 heterocycles. The molecule has 0 bridgehead atoms. The summed E-state index contributed by atoms with van der Waals surface area (Å²) in [6.45, 7) is 1.00. The molecule has 22 heavy (non-hydrogen) atoms. The summed E-state index contributed by atoms with van der Waals surface area (Å²) in [5.74, 6) is -1.17. The molecule has 6 nitrogen and oxygen atoms in total. The van der Waals surface area contributed by atoms with E-state index < -0.39 is 10.9 Å².